The van der Waals surface area contributed by atoms with Crippen LogP contribution in [-0.2, 0) is 11.3 Å². The molecule has 0 spiro atoms. The first-order valence-corrected chi connectivity index (χ1v) is 6.55. The van der Waals surface area contributed by atoms with Crippen molar-refractivity contribution in [3.63, 3.8) is 0 Å². The molecule has 1 aliphatic rings. The molecule has 1 fully saturated rings. The second kappa shape index (κ2) is 5.65. The lowest BCUT2D eigenvalue weighted by atomic mass is 10.1. The molecule has 0 saturated heterocycles. The van der Waals surface area contributed by atoms with E-state index in [0.29, 0.717) is 18.2 Å². The number of rotatable bonds is 5. The zero-order valence-corrected chi connectivity index (χ0v) is 11.0. The van der Waals surface area contributed by atoms with E-state index in [0.717, 1.165) is 6.54 Å². The molecule has 1 heterocycles. The lowest BCUT2D eigenvalue weighted by molar-refractivity contribution is 0.0820. The summed E-state index contributed by atoms with van der Waals surface area (Å²) < 4.78 is 7.47. The van der Waals surface area contributed by atoms with E-state index in [1.807, 2.05) is 18.0 Å². The van der Waals surface area contributed by atoms with Crippen molar-refractivity contribution in [2.75, 3.05) is 7.11 Å². The summed E-state index contributed by atoms with van der Waals surface area (Å²) in [6, 6.07) is 0.830. The number of ether oxygens (including phenoxy) is 1. The van der Waals surface area contributed by atoms with E-state index < -0.39 is 0 Å². The van der Waals surface area contributed by atoms with Gasteiger partial charge in [0.15, 0.2) is 0 Å². The lowest BCUT2D eigenvalue weighted by Gasteiger charge is -2.23. The number of methoxy groups -OCH3 is 1. The largest absolute Gasteiger partial charge is 0.380 e. The topological polar surface area (TPSA) is 39.1 Å². The normalized spacial score (nSPS) is 26.3. The third-order valence-corrected chi connectivity index (χ3v) is 3.70. The molecular weight excluding hydrogens is 214 g/mol. The Morgan fingerprint density at radius 1 is 1.59 bits per heavy atom. The van der Waals surface area contributed by atoms with Crippen molar-refractivity contribution in [1.82, 2.24) is 15.1 Å². The molecule has 1 aromatic rings. The van der Waals surface area contributed by atoms with Crippen LogP contribution in [0.15, 0.2) is 12.4 Å². The number of aryl methyl sites for hydroxylation is 1. The standard InChI is InChI=1S/C13H23N3O/c1-4-16-9-11(8-14-16)10(2)15-12-6-5-7-13(12)17-3/h8-10,12-13,15H,4-7H2,1-3H3. The smallest absolute Gasteiger partial charge is 0.0724 e. The molecule has 0 aromatic carbocycles. The van der Waals surface area contributed by atoms with Gasteiger partial charge in [0.2, 0.25) is 0 Å². The van der Waals surface area contributed by atoms with E-state index in [2.05, 4.69) is 30.5 Å². The van der Waals surface area contributed by atoms with Crippen LogP contribution < -0.4 is 5.32 Å². The van der Waals surface area contributed by atoms with Gasteiger partial charge in [0.1, 0.15) is 0 Å². The fourth-order valence-corrected chi connectivity index (χ4v) is 2.59. The van der Waals surface area contributed by atoms with Crippen molar-refractivity contribution in [3.8, 4) is 0 Å². The summed E-state index contributed by atoms with van der Waals surface area (Å²) in [5.74, 6) is 0. The van der Waals surface area contributed by atoms with Crippen LogP contribution in [0.3, 0.4) is 0 Å². The Hall–Kier alpha value is -0.870. The summed E-state index contributed by atoms with van der Waals surface area (Å²) in [6.07, 6.45) is 8.10. The van der Waals surface area contributed by atoms with Crippen LogP contribution >= 0.6 is 0 Å². The van der Waals surface area contributed by atoms with Gasteiger partial charge in [-0.15, -0.1) is 0 Å². The van der Waals surface area contributed by atoms with Crippen LogP contribution in [0.25, 0.3) is 0 Å². The monoisotopic (exact) mass is 237 g/mol. The fraction of sp³-hybridized carbons (Fsp3) is 0.769. The summed E-state index contributed by atoms with van der Waals surface area (Å²) in [4.78, 5) is 0. The van der Waals surface area contributed by atoms with E-state index in [9.17, 15) is 0 Å². The van der Waals surface area contributed by atoms with Crippen LogP contribution in [0, 0.1) is 0 Å². The van der Waals surface area contributed by atoms with Gasteiger partial charge in [0.05, 0.1) is 12.3 Å². The molecule has 0 aliphatic heterocycles. The fourth-order valence-electron chi connectivity index (χ4n) is 2.59. The van der Waals surface area contributed by atoms with Crippen molar-refractivity contribution in [3.05, 3.63) is 18.0 Å². The van der Waals surface area contributed by atoms with E-state index in [1.54, 1.807) is 0 Å². The molecule has 17 heavy (non-hydrogen) atoms. The summed E-state index contributed by atoms with van der Waals surface area (Å²) in [7, 11) is 1.81. The molecule has 1 aromatic heterocycles. The number of aromatic nitrogens is 2. The van der Waals surface area contributed by atoms with Crippen LogP contribution in [-0.4, -0.2) is 29.0 Å². The number of hydrogen-bond acceptors (Lipinski definition) is 3. The van der Waals surface area contributed by atoms with Gasteiger partial charge in [-0.2, -0.15) is 5.10 Å². The molecule has 1 aliphatic carbocycles. The molecule has 2 rings (SSSR count). The van der Waals surface area contributed by atoms with Gasteiger partial charge in [-0.3, -0.25) is 4.68 Å². The first kappa shape index (κ1) is 12.6. The quantitative estimate of drug-likeness (QED) is 0.852. The van der Waals surface area contributed by atoms with Gasteiger partial charge >= 0.3 is 0 Å². The maximum Gasteiger partial charge on any atom is 0.0724 e. The Morgan fingerprint density at radius 2 is 2.41 bits per heavy atom. The maximum atomic E-state index is 5.50. The Balaban J connectivity index is 1.94. The number of nitrogens with one attached hydrogen (secondary N) is 1. The molecule has 96 valence electrons. The highest BCUT2D eigenvalue weighted by molar-refractivity contribution is 5.10. The van der Waals surface area contributed by atoms with Crippen molar-refractivity contribution < 1.29 is 4.74 Å². The van der Waals surface area contributed by atoms with E-state index in [4.69, 9.17) is 4.74 Å². The Morgan fingerprint density at radius 3 is 3.06 bits per heavy atom. The minimum Gasteiger partial charge on any atom is -0.380 e. The Bertz CT molecular complexity index is 350. The maximum absolute atomic E-state index is 5.50. The summed E-state index contributed by atoms with van der Waals surface area (Å²) in [5.41, 5.74) is 1.26. The summed E-state index contributed by atoms with van der Waals surface area (Å²) in [6.45, 7) is 5.23. The third kappa shape index (κ3) is 2.87. The zero-order chi connectivity index (χ0) is 12.3. The summed E-state index contributed by atoms with van der Waals surface area (Å²) >= 11 is 0. The predicted molar refractivity (Wildman–Crippen MR) is 67.9 cm³/mol. The second-order valence-electron chi connectivity index (χ2n) is 4.83. The van der Waals surface area contributed by atoms with Crippen LogP contribution in [0.4, 0.5) is 0 Å². The van der Waals surface area contributed by atoms with Gasteiger partial charge in [0.25, 0.3) is 0 Å². The number of hydrogen-bond donors (Lipinski definition) is 1. The molecular formula is C13H23N3O. The van der Waals surface area contributed by atoms with Gasteiger partial charge < -0.3 is 10.1 Å². The molecule has 0 radical (unpaired) electrons. The average Bonchev–Trinajstić information content (AvgIpc) is 2.96. The summed E-state index contributed by atoms with van der Waals surface area (Å²) in [5, 5.41) is 7.97. The molecule has 3 atom stereocenters. The first-order chi connectivity index (χ1) is 8.24. The molecule has 0 bridgehead atoms. The Kier molecular flexibility index (Phi) is 4.18. The molecule has 1 saturated carbocycles. The molecule has 4 heteroatoms. The van der Waals surface area contributed by atoms with Crippen LogP contribution in [0.5, 0.6) is 0 Å². The van der Waals surface area contributed by atoms with Crippen LogP contribution in [0.2, 0.25) is 0 Å². The van der Waals surface area contributed by atoms with Gasteiger partial charge in [-0.25, -0.2) is 0 Å². The second-order valence-corrected chi connectivity index (χ2v) is 4.83. The number of nitrogens with zero attached hydrogens (tertiary/aromatic N) is 2. The van der Waals surface area contributed by atoms with Crippen molar-refractivity contribution in [2.24, 2.45) is 0 Å². The first-order valence-electron chi connectivity index (χ1n) is 6.55. The van der Waals surface area contributed by atoms with Crippen molar-refractivity contribution in [2.45, 2.75) is 57.8 Å². The Labute approximate surface area is 103 Å². The molecule has 3 unspecified atom stereocenters. The molecule has 4 nitrogen and oxygen atoms in total. The van der Waals surface area contributed by atoms with Crippen molar-refractivity contribution >= 4 is 0 Å². The van der Waals surface area contributed by atoms with E-state index >= 15 is 0 Å². The van der Waals surface area contributed by atoms with E-state index in [1.165, 1.54) is 24.8 Å². The molecule has 1 N–H and O–H groups in total. The van der Waals surface area contributed by atoms with Gasteiger partial charge in [-0.05, 0) is 33.1 Å². The van der Waals surface area contributed by atoms with Crippen molar-refractivity contribution in [1.29, 1.82) is 0 Å². The minimum atomic E-state index is 0.344. The average molecular weight is 237 g/mol. The van der Waals surface area contributed by atoms with Crippen LogP contribution in [0.1, 0.15) is 44.7 Å². The highest BCUT2D eigenvalue weighted by Crippen LogP contribution is 2.24. The molecule has 0 amide bonds. The minimum absolute atomic E-state index is 0.344. The highest BCUT2D eigenvalue weighted by Gasteiger charge is 2.28. The van der Waals surface area contributed by atoms with Gasteiger partial charge in [-0.1, -0.05) is 0 Å². The predicted octanol–water partition coefficient (Wildman–Crippen LogP) is 2.12. The SMILES string of the molecule is CCn1cc(C(C)NC2CCCC2OC)cn1. The zero-order valence-electron chi connectivity index (χ0n) is 11.0. The lowest BCUT2D eigenvalue weighted by Crippen LogP contribution is -2.38. The highest BCUT2D eigenvalue weighted by atomic mass is 16.5. The third-order valence-electron chi connectivity index (χ3n) is 3.70. The van der Waals surface area contributed by atoms with E-state index in [-0.39, 0.29) is 0 Å². The van der Waals surface area contributed by atoms with Gasteiger partial charge in [0, 0.05) is 37.5 Å².